The van der Waals surface area contributed by atoms with Crippen LogP contribution in [-0.4, -0.2) is 0 Å². The maximum absolute atomic E-state index is 9.26. The highest BCUT2D eigenvalue weighted by molar-refractivity contribution is 5.18. The van der Waals surface area contributed by atoms with E-state index in [9.17, 15) is 5.26 Å². The molecular weight excluding hydrogens is 222 g/mol. The fourth-order valence-electron chi connectivity index (χ4n) is 2.89. The normalized spacial score (nSPS) is 28.4. The van der Waals surface area contributed by atoms with Crippen LogP contribution in [0.1, 0.15) is 39.5 Å². The van der Waals surface area contributed by atoms with E-state index >= 15 is 0 Å². The van der Waals surface area contributed by atoms with Crippen molar-refractivity contribution in [2.45, 2.75) is 39.5 Å². The van der Waals surface area contributed by atoms with Crippen LogP contribution in [0.5, 0.6) is 0 Å². The van der Waals surface area contributed by atoms with Crippen LogP contribution in [0.2, 0.25) is 0 Å². The summed E-state index contributed by atoms with van der Waals surface area (Å²) in [6.45, 7) is 4.10. The molecule has 0 amide bonds. The van der Waals surface area contributed by atoms with Crippen molar-refractivity contribution in [1.82, 2.24) is 0 Å². The SMILES string of the molecule is CCC(CC#N)C1C=C(C)C(CC#N)C(C#N)C1. The van der Waals surface area contributed by atoms with Gasteiger partial charge in [0, 0.05) is 18.8 Å². The Kier molecular flexibility index (Phi) is 5.41. The summed E-state index contributed by atoms with van der Waals surface area (Å²) in [5, 5.41) is 26.9. The first kappa shape index (κ1) is 14.3. The molecule has 94 valence electrons. The van der Waals surface area contributed by atoms with Crippen molar-refractivity contribution in [3.63, 3.8) is 0 Å². The van der Waals surface area contributed by atoms with Crippen molar-refractivity contribution < 1.29 is 0 Å². The molecule has 0 fully saturated rings. The summed E-state index contributed by atoms with van der Waals surface area (Å²) in [5.41, 5.74) is 1.15. The van der Waals surface area contributed by atoms with Gasteiger partial charge in [-0.15, -0.1) is 0 Å². The van der Waals surface area contributed by atoms with Gasteiger partial charge in [-0.3, -0.25) is 0 Å². The molecule has 1 rings (SSSR count). The number of nitrogens with zero attached hydrogens (tertiary/aromatic N) is 3. The molecule has 0 N–H and O–H groups in total. The van der Waals surface area contributed by atoms with Crippen LogP contribution in [0.3, 0.4) is 0 Å². The molecule has 3 heteroatoms. The van der Waals surface area contributed by atoms with Crippen LogP contribution in [0.15, 0.2) is 11.6 Å². The topological polar surface area (TPSA) is 71.4 Å². The largest absolute Gasteiger partial charge is 0.198 e. The summed E-state index contributed by atoms with van der Waals surface area (Å²) >= 11 is 0. The molecule has 0 aromatic carbocycles. The summed E-state index contributed by atoms with van der Waals surface area (Å²) in [5.74, 6) is 0.654. The Morgan fingerprint density at radius 3 is 2.56 bits per heavy atom. The van der Waals surface area contributed by atoms with Gasteiger partial charge in [0.15, 0.2) is 0 Å². The van der Waals surface area contributed by atoms with Crippen molar-refractivity contribution in [1.29, 1.82) is 15.8 Å². The van der Waals surface area contributed by atoms with Crippen LogP contribution in [0.4, 0.5) is 0 Å². The molecule has 0 bridgehead atoms. The molecule has 4 atom stereocenters. The Morgan fingerprint density at radius 2 is 2.06 bits per heavy atom. The van der Waals surface area contributed by atoms with Crippen molar-refractivity contribution >= 4 is 0 Å². The maximum Gasteiger partial charge on any atom is 0.0662 e. The third-order valence-electron chi connectivity index (χ3n) is 4.03. The second-order valence-electron chi connectivity index (χ2n) is 5.05. The maximum atomic E-state index is 9.26. The number of nitriles is 3. The number of rotatable bonds is 4. The molecule has 0 spiro atoms. The van der Waals surface area contributed by atoms with Gasteiger partial charge in [-0.05, 0) is 25.2 Å². The highest BCUT2D eigenvalue weighted by Crippen LogP contribution is 2.39. The minimum absolute atomic E-state index is 0.0765. The second-order valence-corrected chi connectivity index (χ2v) is 5.05. The van der Waals surface area contributed by atoms with E-state index in [4.69, 9.17) is 10.5 Å². The Balaban J connectivity index is 2.91. The standard InChI is InChI=1S/C15H19N3/c1-3-12(4-6-16)13-8-11(2)15(5-7-17)14(9-13)10-18/h8,12-15H,3-5,9H2,1-2H3. The molecule has 18 heavy (non-hydrogen) atoms. The lowest BCUT2D eigenvalue weighted by Crippen LogP contribution is -2.26. The monoisotopic (exact) mass is 241 g/mol. The molecule has 1 aliphatic carbocycles. The van der Waals surface area contributed by atoms with Crippen LogP contribution in [0, 0.1) is 57.7 Å². The van der Waals surface area contributed by atoms with E-state index in [1.807, 2.05) is 6.92 Å². The number of hydrogen-bond donors (Lipinski definition) is 0. The quantitative estimate of drug-likeness (QED) is 0.706. The molecule has 0 aromatic heterocycles. The highest BCUT2D eigenvalue weighted by Gasteiger charge is 2.32. The van der Waals surface area contributed by atoms with Crippen molar-refractivity contribution in [2.24, 2.45) is 23.7 Å². The number of hydrogen-bond acceptors (Lipinski definition) is 3. The minimum atomic E-state index is -0.0765. The third-order valence-corrected chi connectivity index (χ3v) is 4.03. The van der Waals surface area contributed by atoms with E-state index in [2.05, 4.69) is 31.2 Å². The van der Waals surface area contributed by atoms with Gasteiger partial charge in [0.2, 0.25) is 0 Å². The Morgan fingerprint density at radius 1 is 1.33 bits per heavy atom. The molecule has 0 heterocycles. The van der Waals surface area contributed by atoms with Gasteiger partial charge >= 0.3 is 0 Å². The zero-order chi connectivity index (χ0) is 13.5. The van der Waals surface area contributed by atoms with E-state index in [0.717, 1.165) is 18.4 Å². The van der Waals surface area contributed by atoms with Crippen LogP contribution in [0.25, 0.3) is 0 Å². The Hall–Kier alpha value is -1.79. The van der Waals surface area contributed by atoms with E-state index < -0.39 is 0 Å². The van der Waals surface area contributed by atoms with Crippen LogP contribution < -0.4 is 0 Å². The first-order chi connectivity index (χ1) is 8.67. The fourth-order valence-corrected chi connectivity index (χ4v) is 2.89. The molecule has 0 aliphatic heterocycles. The van der Waals surface area contributed by atoms with E-state index in [1.165, 1.54) is 0 Å². The van der Waals surface area contributed by atoms with Crippen molar-refractivity contribution in [3.8, 4) is 18.2 Å². The van der Waals surface area contributed by atoms with Gasteiger partial charge in [0.25, 0.3) is 0 Å². The Bertz CT molecular complexity index is 430. The third kappa shape index (κ3) is 3.12. The summed E-state index contributed by atoms with van der Waals surface area (Å²) < 4.78 is 0. The van der Waals surface area contributed by atoms with Crippen molar-refractivity contribution in [3.05, 3.63) is 11.6 Å². The molecule has 0 aromatic rings. The molecule has 4 unspecified atom stereocenters. The molecule has 0 saturated heterocycles. The van der Waals surface area contributed by atoms with Crippen LogP contribution in [-0.2, 0) is 0 Å². The lowest BCUT2D eigenvalue weighted by molar-refractivity contribution is 0.281. The zero-order valence-corrected chi connectivity index (χ0v) is 11.1. The van der Waals surface area contributed by atoms with Gasteiger partial charge in [-0.25, -0.2) is 0 Å². The van der Waals surface area contributed by atoms with Gasteiger partial charge in [0.1, 0.15) is 0 Å². The van der Waals surface area contributed by atoms with Crippen LogP contribution >= 0.6 is 0 Å². The molecule has 0 saturated carbocycles. The smallest absolute Gasteiger partial charge is 0.0662 e. The molecule has 1 aliphatic rings. The highest BCUT2D eigenvalue weighted by atomic mass is 14.4. The first-order valence-corrected chi connectivity index (χ1v) is 6.49. The summed E-state index contributed by atoms with van der Waals surface area (Å²) in [4.78, 5) is 0. The average molecular weight is 241 g/mol. The van der Waals surface area contributed by atoms with Gasteiger partial charge < -0.3 is 0 Å². The van der Waals surface area contributed by atoms with Gasteiger partial charge in [-0.1, -0.05) is 25.0 Å². The fraction of sp³-hybridized carbons (Fsp3) is 0.667. The Labute approximate surface area is 109 Å². The molecule has 0 radical (unpaired) electrons. The number of allylic oxidation sites excluding steroid dienone is 2. The van der Waals surface area contributed by atoms with Gasteiger partial charge in [0.05, 0.1) is 24.1 Å². The zero-order valence-electron chi connectivity index (χ0n) is 11.1. The van der Waals surface area contributed by atoms with Crippen molar-refractivity contribution in [2.75, 3.05) is 0 Å². The van der Waals surface area contributed by atoms with E-state index in [0.29, 0.717) is 24.7 Å². The summed E-state index contributed by atoms with van der Waals surface area (Å²) in [6, 6.07) is 6.75. The van der Waals surface area contributed by atoms with E-state index in [1.54, 1.807) is 0 Å². The van der Waals surface area contributed by atoms with Gasteiger partial charge in [-0.2, -0.15) is 15.8 Å². The minimum Gasteiger partial charge on any atom is -0.198 e. The predicted molar refractivity (Wildman–Crippen MR) is 68.7 cm³/mol. The summed E-state index contributed by atoms with van der Waals surface area (Å²) in [7, 11) is 0. The molecular formula is C15H19N3. The predicted octanol–water partition coefficient (Wildman–Crippen LogP) is 3.56. The van der Waals surface area contributed by atoms with E-state index in [-0.39, 0.29) is 11.8 Å². The molecule has 3 nitrogen and oxygen atoms in total. The lowest BCUT2D eigenvalue weighted by Gasteiger charge is -2.33. The average Bonchev–Trinajstić information content (AvgIpc) is 2.38. The lowest BCUT2D eigenvalue weighted by atomic mass is 9.69. The second kappa shape index (κ2) is 6.83. The summed E-state index contributed by atoms with van der Waals surface area (Å²) in [6.07, 6.45) is 4.92. The first-order valence-electron chi connectivity index (χ1n) is 6.49.